The number of nitrogens with zero attached hydrogens (tertiary/aromatic N) is 1. The molecule has 1 aliphatic rings. The molecule has 7 nitrogen and oxygen atoms in total. The van der Waals surface area contributed by atoms with E-state index in [0.717, 1.165) is 0 Å². The minimum atomic E-state index is -3.78. The summed E-state index contributed by atoms with van der Waals surface area (Å²) in [5.74, 6) is 1.20. The molecule has 0 unspecified atom stereocenters. The highest BCUT2D eigenvalue weighted by atomic mass is 32.2. The summed E-state index contributed by atoms with van der Waals surface area (Å²) in [6.45, 7) is 5.84. The molecule has 0 spiro atoms. The highest BCUT2D eigenvalue weighted by Crippen LogP contribution is 2.24. The maximum absolute atomic E-state index is 12.8. The van der Waals surface area contributed by atoms with Gasteiger partial charge in [0.05, 0.1) is 10.9 Å². The molecular formula is C21H26N2O5S2. The third-order valence-corrected chi connectivity index (χ3v) is 6.39. The molecular weight excluding hydrogens is 424 g/mol. The van der Waals surface area contributed by atoms with E-state index in [1.807, 2.05) is 30.3 Å². The Labute approximate surface area is 182 Å². The van der Waals surface area contributed by atoms with Crippen LogP contribution in [0.15, 0.2) is 59.5 Å². The van der Waals surface area contributed by atoms with Gasteiger partial charge in [-0.1, -0.05) is 18.2 Å². The molecule has 0 saturated carbocycles. The standard InChI is InChI=1S/C21H26N2O5S2/c1-21(2,3)28-20(24)23-13-18(19(29)14-23)22-30(25,26)17-11-9-16(10-12-17)27-15-7-5-4-6-8-15/h4-12,18-19,22,29H,13-14H2,1-3H3/t18-,19-/m0/s1. The minimum absolute atomic E-state index is 0.110. The summed E-state index contributed by atoms with van der Waals surface area (Å²) < 4.78 is 39.3. The van der Waals surface area contributed by atoms with Gasteiger partial charge in [-0.2, -0.15) is 12.6 Å². The van der Waals surface area contributed by atoms with E-state index >= 15 is 0 Å². The van der Waals surface area contributed by atoms with Crippen LogP contribution in [0.5, 0.6) is 11.5 Å². The molecule has 1 N–H and O–H groups in total. The number of sulfonamides is 1. The van der Waals surface area contributed by atoms with Crippen molar-refractivity contribution in [2.24, 2.45) is 0 Å². The van der Waals surface area contributed by atoms with E-state index < -0.39 is 27.8 Å². The molecule has 1 heterocycles. The lowest BCUT2D eigenvalue weighted by molar-refractivity contribution is 0.0292. The zero-order valence-electron chi connectivity index (χ0n) is 17.1. The number of ether oxygens (including phenoxy) is 2. The van der Waals surface area contributed by atoms with Crippen molar-refractivity contribution in [2.45, 2.75) is 42.6 Å². The number of amides is 1. The quantitative estimate of drug-likeness (QED) is 0.679. The Hall–Kier alpha value is -2.23. The summed E-state index contributed by atoms with van der Waals surface area (Å²) in [6.07, 6.45) is -0.481. The third kappa shape index (κ3) is 5.90. The van der Waals surface area contributed by atoms with Crippen LogP contribution < -0.4 is 9.46 Å². The summed E-state index contributed by atoms with van der Waals surface area (Å²) in [6, 6.07) is 14.9. The molecule has 0 aliphatic carbocycles. The number of hydrogen-bond acceptors (Lipinski definition) is 6. The molecule has 0 radical (unpaired) electrons. The summed E-state index contributed by atoms with van der Waals surface area (Å²) in [5.41, 5.74) is -0.621. The fourth-order valence-electron chi connectivity index (χ4n) is 2.96. The van der Waals surface area contributed by atoms with Crippen molar-refractivity contribution >= 4 is 28.7 Å². The average Bonchev–Trinajstić information content (AvgIpc) is 3.02. The lowest BCUT2D eigenvalue weighted by atomic mass is 10.2. The molecule has 1 fully saturated rings. The van der Waals surface area contributed by atoms with Gasteiger partial charge in [0.15, 0.2) is 0 Å². The minimum Gasteiger partial charge on any atom is -0.457 e. The zero-order valence-corrected chi connectivity index (χ0v) is 18.8. The maximum Gasteiger partial charge on any atom is 0.410 e. The third-order valence-electron chi connectivity index (χ3n) is 4.36. The molecule has 1 amide bonds. The Bertz CT molecular complexity index is 973. The van der Waals surface area contributed by atoms with E-state index in [4.69, 9.17) is 9.47 Å². The van der Waals surface area contributed by atoms with Crippen molar-refractivity contribution in [3.8, 4) is 11.5 Å². The smallest absolute Gasteiger partial charge is 0.410 e. The van der Waals surface area contributed by atoms with E-state index in [0.29, 0.717) is 18.0 Å². The maximum atomic E-state index is 12.8. The van der Waals surface area contributed by atoms with Crippen LogP contribution >= 0.6 is 12.6 Å². The second kappa shape index (κ2) is 8.87. The second-order valence-corrected chi connectivity index (χ2v) is 10.4. The zero-order chi connectivity index (χ0) is 21.9. The first-order valence-electron chi connectivity index (χ1n) is 9.55. The Morgan fingerprint density at radius 1 is 1.03 bits per heavy atom. The molecule has 3 rings (SSSR count). The van der Waals surface area contributed by atoms with Crippen LogP contribution in [0.25, 0.3) is 0 Å². The Morgan fingerprint density at radius 3 is 2.23 bits per heavy atom. The number of likely N-dealkylation sites (tertiary alicyclic amines) is 1. The van der Waals surface area contributed by atoms with E-state index in [9.17, 15) is 13.2 Å². The lowest BCUT2D eigenvalue weighted by Crippen LogP contribution is -2.42. The molecule has 162 valence electrons. The predicted octanol–water partition coefficient (Wildman–Crippen LogP) is 3.67. The molecule has 2 atom stereocenters. The first-order valence-corrected chi connectivity index (χ1v) is 11.5. The van der Waals surface area contributed by atoms with Gasteiger partial charge >= 0.3 is 6.09 Å². The van der Waals surface area contributed by atoms with Crippen molar-refractivity contribution in [2.75, 3.05) is 13.1 Å². The van der Waals surface area contributed by atoms with Crippen molar-refractivity contribution in [3.05, 3.63) is 54.6 Å². The van der Waals surface area contributed by atoms with E-state index in [1.54, 1.807) is 32.9 Å². The van der Waals surface area contributed by atoms with Crippen molar-refractivity contribution in [1.82, 2.24) is 9.62 Å². The monoisotopic (exact) mass is 450 g/mol. The first-order chi connectivity index (χ1) is 14.0. The number of carbonyl (C=O) groups is 1. The van der Waals surface area contributed by atoms with Gasteiger partial charge in [0.25, 0.3) is 0 Å². The van der Waals surface area contributed by atoms with E-state index in [-0.39, 0.29) is 16.7 Å². The van der Waals surface area contributed by atoms with Gasteiger partial charge in [0.1, 0.15) is 17.1 Å². The van der Waals surface area contributed by atoms with E-state index in [2.05, 4.69) is 17.4 Å². The number of benzene rings is 2. The average molecular weight is 451 g/mol. The summed E-state index contributed by atoms with van der Waals surface area (Å²) in [7, 11) is -3.78. The number of thiol groups is 1. The molecule has 2 aromatic rings. The van der Waals surface area contributed by atoms with Crippen LogP contribution in [0.1, 0.15) is 20.8 Å². The van der Waals surface area contributed by atoms with Gasteiger partial charge in [0.2, 0.25) is 10.0 Å². The second-order valence-electron chi connectivity index (χ2n) is 8.07. The Morgan fingerprint density at radius 2 is 1.63 bits per heavy atom. The van der Waals surface area contributed by atoms with Crippen molar-refractivity contribution < 1.29 is 22.7 Å². The number of nitrogens with one attached hydrogen (secondary N) is 1. The predicted molar refractivity (Wildman–Crippen MR) is 118 cm³/mol. The molecule has 30 heavy (non-hydrogen) atoms. The van der Waals surface area contributed by atoms with Crippen molar-refractivity contribution in [1.29, 1.82) is 0 Å². The van der Waals surface area contributed by atoms with Crippen molar-refractivity contribution in [3.63, 3.8) is 0 Å². The van der Waals surface area contributed by atoms with Gasteiger partial charge in [-0.05, 0) is 57.2 Å². The highest BCUT2D eigenvalue weighted by Gasteiger charge is 2.37. The fourth-order valence-corrected chi connectivity index (χ4v) is 4.69. The van der Waals surface area contributed by atoms with E-state index in [1.165, 1.54) is 17.0 Å². The highest BCUT2D eigenvalue weighted by molar-refractivity contribution is 7.89. The Kier molecular flexibility index (Phi) is 6.64. The molecule has 1 aliphatic heterocycles. The number of rotatable bonds is 5. The normalized spacial score (nSPS) is 19.5. The molecule has 1 saturated heterocycles. The summed E-state index contributed by atoms with van der Waals surface area (Å²) in [5, 5.41) is -0.340. The van der Waals surface area contributed by atoms with Gasteiger partial charge in [-0.3, -0.25) is 0 Å². The van der Waals surface area contributed by atoms with Gasteiger partial charge < -0.3 is 14.4 Å². The van der Waals surface area contributed by atoms with Crippen LogP contribution in [0.2, 0.25) is 0 Å². The van der Waals surface area contributed by atoms with Crippen LogP contribution in [0, 0.1) is 0 Å². The first kappa shape index (κ1) is 22.5. The van der Waals surface area contributed by atoms with Crippen LogP contribution in [-0.4, -0.2) is 49.4 Å². The van der Waals surface area contributed by atoms with Gasteiger partial charge in [-0.15, -0.1) is 0 Å². The topological polar surface area (TPSA) is 84.9 Å². The fraction of sp³-hybridized carbons (Fsp3) is 0.381. The summed E-state index contributed by atoms with van der Waals surface area (Å²) >= 11 is 4.45. The number of carbonyl (C=O) groups excluding carboxylic acids is 1. The van der Waals surface area contributed by atoms with Crippen LogP contribution in [0.3, 0.4) is 0 Å². The van der Waals surface area contributed by atoms with Gasteiger partial charge in [0, 0.05) is 18.3 Å². The van der Waals surface area contributed by atoms with Gasteiger partial charge in [-0.25, -0.2) is 17.9 Å². The summed E-state index contributed by atoms with van der Waals surface area (Å²) in [4.78, 5) is 13.8. The number of hydrogen-bond donors (Lipinski definition) is 2. The molecule has 0 aromatic heterocycles. The van der Waals surface area contributed by atoms with Crippen LogP contribution in [-0.2, 0) is 14.8 Å². The SMILES string of the molecule is CC(C)(C)OC(=O)N1C[C@H](NS(=O)(=O)c2ccc(Oc3ccccc3)cc2)[C@@H](S)C1. The molecule has 2 aromatic carbocycles. The Balaban J connectivity index is 1.64. The largest absolute Gasteiger partial charge is 0.457 e. The lowest BCUT2D eigenvalue weighted by Gasteiger charge is -2.24. The van der Waals surface area contributed by atoms with Crippen LogP contribution in [0.4, 0.5) is 4.79 Å². The number of para-hydroxylation sites is 1. The molecule has 9 heteroatoms. The molecule has 0 bridgehead atoms.